The van der Waals surface area contributed by atoms with E-state index in [4.69, 9.17) is 4.74 Å². The Morgan fingerprint density at radius 2 is 2.06 bits per heavy atom. The lowest BCUT2D eigenvalue weighted by Crippen LogP contribution is -2.35. The number of carbonyl (C=O) groups is 2. The molecule has 32 heavy (non-hydrogen) atoms. The molecular weight excluding hydrogens is 450 g/mol. The highest BCUT2D eigenvalue weighted by Gasteiger charge is 2.30. The van der Waals surface area contributed by atoms with Crippen LogP contribution in [0.5, 0.6) is 0 Å². The van der Waals surface area contributed by atoms with Gasteiger partial charge in [-0.3, -0.25) is 19.8 Å². The lowest BCUT2D eigenvalue weighted by molar-refractivity contribution is -0.384. The first-order valence-electron chi connectivity index (χ1n) is 10.3. The molecule has 0 saturated heterocycles. The maximum atomic E-state index is 13.0. The van der Waals surface area contributed by atoms with Gasteiger partial charge in [-0.25, -0.2) is 4.79 Å². The molecular formula is C22H23N3O5S2. The number of ether oxygens (including phenoxy) is 1. The molecule has 1 aromatic carbocycles. The molecule has 0 atom stereocenters. The minimum absolute atomic E-state index is 0.0208. The summed E-state index contributed by atoms with van der Waals surface area (Å²) in [5.41, 5.74) is 1.38. The predicted molar refractivity (Wildman–Crippen MR) is 126 cm³/mol. The monoisotopic (exact) mass is 473 g/mol. The number of rotatable bonds is 6. The van der Waals surface area contributed by atoms with Gasteiger partial charge in [0, 0.05) is 46.2 Å². The molecule has 0 radical (unpaired) electrons. The van der Waals surface area contributed by atoms with Crippen molar-refractivity contribution >= 4 is 55.3 Å². The normalized spacial score (nSPS) is 13.9. The SMILES string of the molecule is CCOC(=O)c1c(NC(=O)c2cc3cc([N+](=O)[O-])ccc3s2)sc2c1CCN(C(C)C)C2. The molecule has 0 saturated carbocycles. The van der Waals surface area contributed by atoms with E-state index in [0.717, 1.165) is 34.7 Å². The summed E-state index contributed by atoms with van der Waals surface area (Å²) in [5.74, 6) is -0.774. The number of nitro benzene ring substituents is 1. The first-order valence-corrected chi connectivity index (χ1v) is 12.0. The molecule has 1 N–H and O–H groups in total. The second-order valence-electron chi connectivity index (χ2n) is 7.79. The van der Waals surface area contributed by atoms with Crippen LogP contribution in [0.4, 0.5) is 10.7 Å². The number of nitrogens with one attached hydrogen (secondary N) is 1. The maximum absolute atomic E-state index is 13.0. The van der Waals surface area contributed by atoms with Gasteiger partial charge in [-0.2, -0.15) is 0 Å². The van der Waals surface area contributed by atoms with E-state index in [9.17, 15) is 19.7 Å². The Morgan fingerprint density at radius 3 is 2.75 bits per heavy atom. The van der Waals surface area contributed by atoms with E-state index in [1.807, 2.05) is 0 Å². The fraction of sp³-hybridized carbons (Fsp3) is 0.364. The quantitative estimate of drug-likeness (QED) is 0.305. The van der Waals surface area contributed by atoms with E-state index in [2.05, 4.69) is 24.1 Å². The molecule has 1 aliphatic heterocycles. The molecule has 1 aliphatic rings. The van der Waals surface area contributed by atoms with Crippen molar-refractivity contribution in [2.45, 2.75) is 39.8 Å². The number of amides is 1. The second-order valence-corrected chi connectivity index (χ2v) is 9.98. The van der Waals surface area contributed by atoms with Gasteiger partial charge in [-0.05, 0) is 44.9 Å². The van der Waals surface area contributed by atoms with Gasteiger partial charge in [-0.1, -0.05) is 0 Å². The van der Waals surface area contributed by atoms with E-state index in [-0.39, 0.29) is 18.2 Å². The van der Waals surface area contributed by atoms with Gasteiger partial charge in [-0.15, -0.1) is 22.7 Å². The minimum atomic E-state index is -0.459. The lowest BCUT2D eigenvalue weighted by atomic mass is 10.0. The van der Waals surface area contributed by atoms with Crippen LogP contribution in [0.1, 0.15) is 51.2 Å². The predicted octanol–water partition coefficient (Wildman–Crippen LogP) is 5.07. The van der Waals surface area contributed by atoms with Crippen molar-refractivity contribution < 1.29 is 19.2 Å². The molecule has 3 heterocycles. The average Bonchev–Trinajstić information content (AvgIpc) is 3.33. The summed E-state index contributed by atoms with van der Waals surface area (Å²) in [7, 11) is 0. The highest BCUT2D eigenvalue weighted by Crippen LogP contribution is 2.39. The van der Waals surface area contributed by atoms with Crippen molar-refractivity contribution in [3.63, 3.8) is 0 Å². The van der Waals surface area contributed by atoms with Crippen LogP contribution in [0, 0.1) is 10.1 Å². The van der Waals surface area contributed by atoms with Gasteiger partial charge < -0.3 is 10.1 Å². The number of nitrogens with zero attached hydrogens (tertiary/aromatic N) is 2. The average molecular weight is 474 g/mol. The van der Waals surface area contributed by atoms with Crippen LogP contribution in [0.15, 0.2) is 24.3 Å². The Bertz CT molecular complexity index is 1210. The third-order valence-corrected chi connectivity index (χ3v) is 7.70. The summed E-state index contributed by atoms with van der Waals surface area (Å²) in [5, 5.41) is 15.1. The molecule has 168 valence electrons. The number of thiophene rings is 2. The standard InChI is InChI=1S/C22H23N3O5S2/c1-4-30-22(27)19-15-7-8-24(12(2)3)11-18(15)32-21(19)23-20(26)17-10-13-9-14(25(28)29)5-6-16(13)31-17/h5-6,9-10,12H,4,7-8,11H2,1-3H3,(H,23,26). The number of non-ortho nitro benzene ring substituents is 1. The molecule has 0 fully saturated rings. The van der Waals surface area contributed by atoms with Gasteiger partial charge >= 0.3 is 5.97 Å². The fourth-order valence-corrected chi connectivity index (χ4v) is 5.99. The van der Waals surface area contributed by atoms with Crippen LogP contribution in [0.2, 0.25) is 0 Å². The molecule has 0 bridgehead atoms. The number of hydrogen-bond acceptors (Lipinski definition) is 8. The molecule has 3 aromatic rings. The Labute approximate surface area is 192 Å². The van der Waals surface area contributed by atoms with Crippen LogP contribution in [0.3, 0.4) is 0 Å². The highest BCUT2D eigenvalue weighted by molar-refractivity contribution is 7.21. The highest BCUT2D eigenvalue weighted by atomic mass is 32.1. The zero-order chi connectivity index (χ0) is 23.0. The third-order valence-electron chi connectivity index (χ3n) is 5.46. The van der Waals surface area contributed by atoms with Crippen molar-refractivity contribution in [2.24, 2.45) is 0 Å². The van der Waals surface area contributed by atoms with Crippen molar-refractivity contribution in [3.8, 4) is 0 Å². The van der Waals surface area contributed by atoms with Crippen molar-refractivity contribution in [1.29, 1.82) is 0 Å². The van der Waals surface area contributed by atoms with Crippen LogP contribution >= 0.6 is 22.7 Å². The number of fused-ring (bicyclic) bond motifs is 2. The topological polar surface area (TPSA) is 102 Å². The summed E-state index contributed by atoms with van der Waals surface area (Å²) in [4.78, 5) is 40.1. The summed E-state index contributed by atoms with van der Waals surface area (Å²) < 4.78 is 6.06. The molecule has 8 nitrogen and oxygen atoms in total. The second kappa shape index (κ2) is 8.97. The number of nitro groups is 1. The van der Waals surface area contributed by atoms with Crippen molar-refractivity contribution in [1.82, 2.24) is 4.90 Å². The fourth-order valence-electron chi connectivity index (χ4n) is 3.79. The van der Waals surface area contributed by atoms with Gasteiger partial charge in [0.05, 0.1) is 22.0 Å². The zero-order valence-corrected chi connectivity index (χ0v) is 19.6. The van der Waals surface area contributed by atoms with Crippen LogP contribution in [-0.2, 0) is 17.7 Å². The van der Waals surface area contributed by atoms with Gasteiger partial charge in [0.15, 0.2) is 0 Å². The van der Waals surface area contributed by atoms with Crippen LogP contribution in [-0.4, -0.2) is 40.9 Å². The van der Waals surface area contributed by atoms with E-state index < -0.39 is 10.9 Å². The Balaban J connectivity index is 1.66. The lowest BCUT2D eigenvalue weighted by Gasteiger charge is -2.30. The molecule has 2 aromatic heterocycles. The van der Waals surface area contributed by atoms with Crippen molar-refractivity contribution in [2.75, 3.05) is 18.5 Å². The molecule has 0 spiro atoms. The zero-order valence-electron chi connectivity index (χ0n) is 18.0. The number of benzene rings is 1. The molecule has 4 rings (SSSR count). The van der Waals surface area contributed by atoms with Gasteiger partial charge in [0.2, 0.25) is 0 Å². The summed E-state index contributed by atoms with van der Waals surface area (Å²) in [6.45, 7) is 7.86. The Hall–Kier alpha value is -2.82. The van der Waals surface area contributed by atoms with E-state index in [1.54, 1.807) is 19.1 Å². The van der Waals surface area contributed by atoms with Gasteiger partial charge in [0.25, 0.3) is 11.6 Å². The van der Waals surface area contributed by atoms with E-state index in [0.29, 0.717) is 26.9 Å². The van der Waals surface area contributed by atoms with Crippen molar-refractivity contribution in [3.05, 3.63) is 55.3 Å². The Kier molecular flexibility index (Phi) is 6.27. The number of hydrogen-bond donors (Lipinski definition) is 1. The largest absolute Gasteiger partial charge is 0.462 e. The summed E-state index contributed by atoms with van der Waals surface area (Å²) in [6.07, 6.45) is 0.723. The van der Waals surface area contributed by atoms with E-state index >= 15 is 0 Å². The molecule has 10 heteroatoms. The molecule has 1 amide bonds. The van der Waals surface area contributed by atoms with Crippen LogP contribution in [0.25, 0.3) is 10.1 Å². The number of esters is 1. The summed E-state index contributed by atoms with van der Waals surface area (Å²) in [6, 6.07) is 6.55. The minimum Gasteiger partial charge on any atom is -0.462 e. The first kappa shape index (κ1) is 22.4. The molecule has 0 aliphatic carbocycles. The van der Waals surface area contributed by atoms with Crippen LogP contribution < -0.4 is 5.32 Å². The third kappa shape index (κ3) is 4.25. The number of carbonyl (C=O) groups excluding carboxylic acids is 2. The number of anilines is 1. The first-order chi connectivity index (χ1) is 15.3. The van der Waals surface area contributed by atoms with E-state index in [1.165, 1.54) is 34.8 Å². The summed E-state index contributed by atoms with van der Waals surface area (Å²) >= 11 is 2.67. The Morgan fingerprint density at radius 1 is 1.28 bits per heavy atom. The smallest absolute Gasteiger partial charge is 0.341 e. The maximum Gasteiger partial charge on any atom is 0.341 e. The molecule has 0 unspecified atom stereocenters. The van der Waals surface area contributed by atoms with Gasteiger partial charge in [0.1, 0.15) is 5.00 Å².